The van der Waals surface area contributed by atoms with E-state index in [0.717, 1.165) is 6.54 Å². The zero-order chi connectivity index (χ0) is 10.9. The molecule has 84 valence electrons. The highest BCUT2D eigenvalue weighted by molar-refractivity contribution is 5.51. The molecule has 0 saturated carbocycles. The molecule has 0 fully saturated rings. The molecular weight excluding hydrogens is 182 g/mol. The number of nitrogens with one attached hydrogen (secondary N) is 1. The average molecular weight is 205 g/mol. The van der Waals surface area contributed by atoms with Gasteiger partial charge in [0.15, 0.2) is 0 Å². The molecule has 0 aliphatic carbocycles. The third kappa shape index (κ3) is 4.37. The zero-order valence-electron chi connectivity index (χ0n) is 10.1. The molecule has 0 aromatic heterocycles. The summed E-state index contributed by atoms with van der Waals surface area (Å²) in [5.74, 6) is 0. The normalized spacial score (nSPS) is 14.0. The van der Waals surface area contributed by atoms with Crippen LogP contribution >= 0.6 is 0 Å². The second-order valence-corrected chi connectivity index (χ2v) is 4.04. The Balaban J connectivity index is 0.000000245. The first-order valence-corrected chi connectivity index (χ1v) is 6.20. The first-order valence-electron chi connectivity index (χ1n) is 6.20. The molecule has 0 bridgehead atoms. The third-order valence-electron chi connectivity index (χ3n) is 2.71. The van der Waals surface area contributed by atoms with E-state index >= 15 is 0 Å². The van der Waals surface area contributed by atoms with Crippen LogP contribution in [0.25, 0.3) is 0 Å². The predicted molar refractivity (Wildman–Crippen MR) is 68.5 cm³/mol. The molecule has 0 amide bonds. The van der Waals surface area contributed by atoms with Crippen LogP contribution in [0.15, 0.2) is 24.3 Å². The Labute approximate surface area is 93.9 Å². The molecule has 0 saturated heterocycles. The summed E-state index contributed by atoms with van der Waals surface area (Å²) in [5, 5.41) is 3.43. The molecule has 0 atom stereocenters. The molecule has 1 aromatic carbocycles. The van der Waals surface area contributed by atoms with Crippen LogP contribution in [0.4, 0.5) is 5.69 Å². The molecule has 15 heavy (non-hydrogen) atoms. The van der Waals surface area contributed by atoms with Crippen LogP contribution in [0.2, 0.25) is 0 Å². The second kappa shape index (κ2) is 7.33. The van der Waals surface area contributed by atoms with Crippen molar-refractivity contribution < 1.29 is 0 Å². The number of para-hydroxylation sites is 1. The minimum absolute atomic E-state index is 1.14. The Hall–Kier alpha value is -0.980. The van der Waals surface area contributed by atoms with Crippen LogP contribution in [0, 0.1) is 0 Å². The third-order valence-corrected chi connectivity index (χ3v) is 2.71. The van der Waals surface area contributed by atoms with Gasteiger partial charge in [-0.25, -0.2) is 0 Å². The Kier molecular flexibility index (Phi) is 5.91. The Morgan fingerprint density at radius 1 is 1.07 bits per heavy atom. The summed E-state index contributed by atoms with van der Waals surface area (Å²) in [7, 11) is 0. The van der Waals surface area contributed by atoms with Crippen LogP contribution in [0.5, 0.6) is 0 Å². The van der Waals surface area contributed by atoms with Gasteiger partial charge >= 0.3 is 0 Å². The highest BCUT2D eigenvalue weighted by atomic mass is 14.9. The second-order valence-electron chi connectivity index (χ2n) is 4.04. The van der Waals surface area contributed by atoms with Gasteiger partial charge in [-0.1, -0.05) is 44.9 Å². The maximum absolute atomic E-state index is 3.43. The van der Waals surface area contributed by atoms with E-state index < -0.39 is 0 Å². The first-order chi connectivity index (χ1) is 7.38. The van der Waals surface area contributed by atoms with Crippen molar-refractivity contribution in [2.45, 2.75) is 46.0 Å². The monoisotopic (exact) mass is 205 g/mol. The van der Waals surface area contributed by atoms with Gasteiger partial charge in [0.25, 0.3) is 0 Å². The van der Waals surface area contributed by atoms with Crippen LogP contribution < -0.4 is 5.32 Å². The quantitative estimate of drug-likeness (QED) is 0.723. The molecule has 1 nitrogen and oxygen atoms in total. The van der Waals surface area contributed by atoms with E-state index in [4.69, 9.17) is 0 Å². The van der Waals surface area contributed by atoms with Gasteiger partial charge in [-0.2, -0.15) is 0 Å². The number of rotatable bonds is 1. The minimum atomic E-state index is 1.14. The van der Waals surface area contributed by atoms with Gasteiger partial charge in [-0.05, 0) is 30.9 Å². The van der Waals surface area contributed by atoms with Crippen molar-refractivity contribution in [1.29, 1.82) is 0 Å². The lowest BCUT2D eigenvalue weighted by Crippen LogP contribution is -1.98. The first kappa shape index (κ1) is 12.1. The lowest BCUT2D eigenvalue weighted by molar-refractivity contribution is 0.785. The topological polar surface area (TPSA) is 12.0 Å². The fourth-order valence-corrected chi connectivity index (χ4v) is 1.57. The van der Waals surface area contributed by atoms with E-state index in [2.05, 4.69) is 43.4 Å². The zero-order valence-corrected chi connectivity index (χ0v) is 10.1. The van der Waals surface area contributed by atoms with Crippen molar-refractivity contribution in [3.05, 3.63) is 29.8 Å². The van der Waals surface area contributed by atoms with E-state index in [9.17, 15) is 0 Å². The molecule has 0 spiro atoms. The fraction of sp³-hybridized carbons (Fsp3) is 0.571. The van der Waals surface area contributed by atoms with E-state index in [1.165, 1.54) is 43.4 Å². The SMILES string of the molecule is CCCC.c1ccc2c(c1)CCCCN2. The van der Waals surface area contributed by atoms with Crippen molar-refractivity contribution in [2.24, 2.45) is 0 Å². The standard InChI is InChI=1S/C10H13N.C4H10/c1-2-7-10-9(5-1)6-3-4-8-11-10;1-3-4-2/h1-2,5,7,11H,3-4,6,8H2;3-4H2,1-2H3. The lowest BCUT2D eigenvalue weighted by atomic mass is 10.1. The van der Waals surface area contributed by atoms with Crippen molar-refractivity contribution in [1.82, 2.24) is 0 Å². The van der Waals surface area contributed by atoms with Gasteiger partial charge < -0.3 is 5.32 Å². The van der Waals surface area contributed by atoms with E-state index in [0.29, 0.717) is 0 Å². The van der Waals surface area contributed by atoms with Gasteiger partial charge in [-0.15, -0.1) is 0 Å². The predicted octanol–water partition coefficient (Wildman–Crippen LogP) is 4.24. The van der Waals surface area contributed by atoms with E-state index in [1.54, 1.807) is 0 Å². The molecule has 1 aliphatic heterocycles. The maximum Gasteiger partial charge on any atom is 0.0372 e. The summed E-state index contributed by atoms with van der Waals surface area (Å²) in [5.41, 5.74) is 2.81. The summed E-state index contributed by atoms with van der Waals surface area (Å²) in [6.07, 6.45) is 6.50. The highest BCUT2D eigenvalue weighted by Gasteiger charge is 2.04. The summed E-state index contributed by atoms with van der Waals surface area (Å²) >= 11 is 0. The highest BCUT2D eigenvalue weighted by Crippen LogP contribution is 2.19. The number of benzene rings is 1. The number of hydrogen-bond donors (Lipinski definition) is 1. The molecular formula is C14H23N. The Morgan fingerprint density at radius 2 is 1.80 bits per heavy atom. The lowest BCUT2D eigenvalue weighted by Gasteiger charge is -2.04. The van der Waals surface area contributed by atoms with Crippen LogP contribution in [-0.4, -0.2) is 6.54 Å². The number of fused-ring (bicyclic) bond motifs is 1. The van der Waals surface area contributed by atoms with E-state index in [1.807, 2.05) is 0 Å². The van der Waals surface area contributed by atoms with Gasteiger partial charge in [0.05, 0.1) is 0 Å². The molecule has 1 heteroatoms. The van der Waals surface area contributed by atoms with Gasteiger partial charge in [0.1, 0.15) is 0 Å². The Bertz CT molecular complexity index is 241. The fourth-order valence-electron chi connectivity index (χ4n) is 1.57. The molecule has 1 heterocycles. The number of anilines is 1. The summed E-state index contributed by atoms with van der Waals surface area (Å²) < 4.78 is 0. The summed E-state index contributed by atoms with van der Waals surface area (Å²) in [6, 6.07) is 8.59. The molecule has 1 aromatic rings. The number of unbranched alkanes of at least 4 members (excludes halogenated alkanes) is 1. The average Bonchev–Trinajstić information content (AvgIpc) is 2.54. The van der Waals surface area contributed by atoms with Crippen molar-refractivity contribution >= 4 is 5.69 Å². The maximum atomic E-state index is 3.43. The van der Waals surface area contributed by atoms with Gasteiger partial charge in [0, 0.05) is 12.2 Å². The van der Waals surface area contributed by atoms with E-state index in [-0.39, 0.29) is 0 Å². The molecule has 0 unspecified atom stereocenters. The molecule has 2 rings (SSSR count). The van der Waals surface area contributed by atoms with Crippen LogP contribution in [-0.2, 0) is 6.42 Å². The minimum Gasteiger partial charge on any atom is -0.385 e. The molecule has 1 N–H and O–H groups in total. The number of aryl methyl sites for hydroxylation is 1. The van der Waals surface area contributed by atoms with Gasteiger partial charge in [0.2, 0.25) is 0 Å². The molecule has 0 radical (unpaired) electrons. The van der Waals surface area contributed by atoms with Crippen molar-refractivity contribution in [3.63, 3.8) is 0 Å². The smallest absolute Gasteiger partial charge is 0.0372 e. The van der Waals surface area contributed by atoms with Crippen LogP contribution in [0.3, 0.4) is 0 Å². The van der Waals surface area contributed by atoms with Crippen molar-refractivity contribution in [2.75, 3.05) is 11.9 Å². The van der Waals surface area contributed by atoms with Crippen LogP contribution in [0.1, 0.15) is 45.1 Å². The Morgan fingerprint density at radius 3 is 2.53 bits per heavy atom. The van der Waals surface area contributed by atoms with Crippen molar-refractivity contribution in [3.8, 4) is 0 Å². The number of hydrogen-bond acceptors (Lipinski definition) is 1. The largest absolute Gasteiger partial charge is 0.385 e. The van der Waals surface area contributed by atoms with Gasteiger partial charge in [-0.3, -0.25) is 0 Å². The molecule has 1 aliphatic rings. The summed E-state index contributed by atoms with van der Waals surface area (Å²) in [4.78, 5) is 0. The summed E-state index contributed by atoms with van der Waals surface area (Å²) in [6.45, 7) is 5.50.